The van der Waals surface area contributed by atoms with Crippen LogP contribution in [0.1, 0.15) is 26.3 Å². The molecule has 0 saturated heterocycles. The molecule has 2 aromatic carbocycles. The zero-order valence-electron chi connectivity index (χ0n) is 11.5. The molecule has 2 rings (SSSR count). The molecule has 0 aliphatic rings. The summed E-state index contributed by atoms with van der Waals surface area (Å²) in [5.41, 5.74) is 9.17. The predicted molar refractivity (Wildman–Crippen MR) is 79.2 cm³/mol. The molecule has 0 aliphatic carbocycles. The summed E-state index contributed by atoms with van der Waals surface area (Å²) in [4.78, 5) is 0. The summed E-state index contributed by atoms with van der Waals surface area (Å²) < 4.78 is 13.0. The van der Waals surface area contributed by atoms with Crippen molar-refractivity contribution in [2.24, 2.45) is 0 Å². The van der Waals surface area contributed by atoms with Gasteiger partial charge in [0.2, 0.25) is 0 Å². The van der Waals surface area contributed by atoms with E-state index in [1.807, 2.05) is 18.2 Å². The molecule has 3 N–H and O–H groups in total. The van der Waals surface area contributed by atoms with E-state index < -0.39 is 0 Å². The fourth-order valence-electron chi connectivity index (χ4n) is 2.04. The lowest BCUT2D eigenvalue weighted by atomic mass is 9.86. The van der Waals surface area contributed by atoms with Crippen LogP contribution in [0.15, 0.2) is 42.5 Å². The van der Waals surface area contributed by atoms with Crippen LogP contribution in [-0.4, -0.2) is 0 Å². The Morgan fingerprint density at radius 1 is 1.00 bits per heavy atom. The molecule has 0 unspecified atom stereocenters. The van der Waals surface area contributed by atoms with Gasteiger partial charge in [0.15, 0.2) is 0 Å². The molecule has 19 heavy (non-hydrogen) atoms. The number of anilines is 3. The van der Waals surface area contributed by atoms with Gasteiger partial charge in [0.25, 0.3) is 0 Å². The Hall–Kier alpha value is -2.03. The predicted octanol–water partition coefficient (Wildman–Crippen LogP) is 4.45. The van der Waals surface area contributed by atoms with E-state index in [0.29, 0.717) is 5.69 Å². The van der Waals surface area contributed by atoms with Crippen LogP contribution in [0.5, 0.6) is 0 Å². The van der Waals surface area contributed by atoms with E-state index in [4.69, 9.17) is 5.73 Å². The third-order valence-corrected chi connectivity index (χ3v) is 3.02. The van der Waals surface area contributed by atoms with E-state index >= 15 is 0 Å². The average molecular weight is 258 g/mol. The van der Waals surface area contributed by atoms with Crippen molar-refractivity contribution in [2.45, 2.75) is 26.2 Å². The standard InChI is InChI=1S/C16H19FN2/c1-16(2,3)12-6-4-5-7-14(12)19-15-9-8-11(17)10-13(15)18/h4-10,19H,18H2,1-3H3. The molecule has 0 spiro atoms. The largest absolute Gasteiger partial charge is 0.397 e. The highest BCUT2D eigenvalue weighted by molar-refractivity contribution is 5.74. The van der Waals surface area contributed by atoms with E-state index in [2.05, 4.69) is 32.2 Å². The van der Waals surface area contributed by atoms with Gasteiger partial charge in [0.05, 0.1) is 11.4 Å². The summed E-state index contributed by atoms with van der Waals surface area (Å²) in [5.74, 6) is -0.327. The molecule has 0 amide bonds. The van der Waals surface area contributed by atoms with Crippen molar-refractivity contribution in [3.63, 3.8) is 0 Å². The minimum Gasteiger partial charge on any atom is -0.397 e. The Bertz CT molecular complexity index is 586. The number of para-hydroxylation sites is 1. The first-order chi connectivity index (χ1) is 8.88. The van der Waals surface area contributed by atoms with Crippen molar-refractivity contribution < 1.29 is 4.39 Å². The molecule has 0 atom stereocenters. The third-order valence-electron chi connectivity index (χ3n) is 3.02. The molecule has 0 heterocycles. The minimum atomic E-state index is -0.327. The van der Waals surface area contributed by atoms with Crippen LogP contribution in [0, 0.1) is 5.82 Å². The van der Waals surface area contributed by atoms with Crippen LogP contribution in [0.3, 0.4) is 0 Å². The number of nitrogens with one attached hydrogen (secondary N) is 1. The highest BCUT2D eigenvalue weighted by Gasteiger charge is 2.17. The Kier molecular flexibility index (Phi) is 3.47. The SMILES string of the molecule is CC(C)(C)c1ccccc1Nc1ccc(F)cc1N. The van der Waals surface area contributed by atoms with Crippen LogP contribution in [-0.2, 0) is 5.41 Å². The summed E-state index contributed by atoms with van der Waals surface area (Å²) in [7, 11) is 0. The Balaban J connectivity index is 2.39. The lowest BCUT2D eigenvalue weighted by molar-refractivity contribution is 0.592. The summed E-state index contributed by atoms with van der Waals surface area (Å²) in [5, 5.41) is 3.28. The molecule has 100 valence electrons. The van der Waals surface area contributed by atoms with E-state index in [9.17, 15) is 4.39 Å². The third kappa shape index (κ3) is 3.05. The molecular weight excluding hydrogens is 239 g/mol. The van der Waals surface area contributed by atoms with Crippen LogP contribution in [0.2, 0.25) is 0 Å². The molecule has 0 saturated carbocycles. The van der Waals surface area contributed by atoms with Crippen LogP contribution in [0.25, 0.3) is 0 Å². The quantitative estimate of drug-likeness (QED) is 0.781. The number of nitrogens with two attached hydrogens (primary N) is 1. The Morgan fingerprint density at radius 3 is 2.32 bits per heavy atom. The van der Waals surface area contributed by atoms with E-state index in [-0.39, 0.29) is 11.2 Å². The maximum atomic E-state index is 13.0. The van der Waals surface area contributed by atoms with Crippen LogP contribution < -0.4 is 11.1 Å². The normalized spacial score (nSPS) is 11.4. The fraction of sp³-hybridized carbons (Fsp3) is 0.250. The van der Waals surface area contributed by atoms with Crippen LogP contribution in [0.4, 0.5) is 21.5 Å². The van der Waals surface area contributed by atoms with Crippen LogP contribution >= 0.6 is 0 Å². The highest BCUT2D eigenvalue weighted by atomic mass is 19.1. The molecule has 0 aliphatic heterocycles. The average Bonchev–Trinajstić information content (AvgIpc) is 2.32. The Morgan fingerprint density at radius 2 is 1.68 bits per heavy atom. The molecule has 0 radical (unpaired) electrons. The minimum absolute atomic E-state index is 0.0262. The second-order valence-corrected chi connectivity index (χ2v) is 5.65. The lowest BCUT2D eigenvalue weighted by Crippen LogP contribution is -2.13. The summed E-state index contributed by atoms with van der Waals surface area (Å²) >= 11 is 0. The maximum Gasteiger partial charge on any atom is 0.125 e. The number of benzene rings is 2. The number of hydrogen-bond acceptors (Lipinski definition) is 2. The molecule has 0 aromatic heterocycles. The maximum absolute atomic E-state index is 13.0. The molecule has 0 fully saturated rings. The second kappa shape index (κ2) is 4.92. The fourth-order valence-corrected chi connectivity index (χ4v) is 2.04. The van der Waals surface area contributed by atoms with Crippen molar-refractivity contribution in [3.05, 3.63) is 53.8 Å². The molecule has 2 aromatic rings. The Labute approximate surface area is 113 Å². The number of halogens is 1. The smallest absolute Gasteiger partial charge is 0.125 e. The monoisotopic (exact) mass is 258 g/mol. The second-order valence-electron chi connectivity index (χ2n) is 5.65. The van der Waals surface area contributed by atoms with E-state index in [1.54, 1.807) is 6.07 Å². The topological polar surface area (TPSA) is 38.0 Å². The first-order valence-electron chi connectivity index (χ1n) is 6.29. The van der Waals surface area contributed by atoms with E-state index in [1.165, 1.54) is 17.7 Å². The van der Waals surface area contributed by atoms with Gasteiger partial charge in [-0.2, -0.15) is 0 Å². The van der Waals surface area contributed by atoms with Gasteiger partial charge in [-0.25, -0.2) is 4.39 Å². The van der Waals surface area contributed by atoms with Crippen molar-refractivity contribution >= 4 is 17.1 Å². The van der Waals surface area contributed by atoms with Gasteiger partial charge >= 0.3 is 0 Å². The number of hydrogen-bond donors (Lipinski definition) is 2. The van der Waals surface area contributed by atoms with Gasteiger partial charge < -0.3 is 11.1 Å². The van der Waals surface area contributed by atoms with Gasteiger partial charge in [-0.15, -0.1) is 0 Å². The zero-order chi connectivity index (χ0) is 14.0. The van der Waals surface area contributed by atoms with Crippen molar-refractivity contribution in [1.82, 2.24) is 0 Å². The van der Waals surface area contributed by atoms with Gasteiger partial charge in [-0.1, -0.05) is 39.0 Å². The number of nitrogen functional groups attached to an aromatic ring is 1. The van der Waals surface area contributed by atoms with Crippen molar-refractivity contribution in [1.29, 1.82) is 0 Å². The summed E-state index contributed by atoms with van der Waals surface area (Å²) in [6.45, 7) is 6.46. The van der Waals surface area contributed by atoms with Gasteiger partial charge in [-0.05, 0) is 35.2 Å². The molecule has 2 nitrogen and oxygen atoms in total. The summed E-state index contributed by atoms with van der Waals surface area (Å²) in [6, 6.07) is 12.5. The number of rotatable bonds is 2. The van der Waals surface area contributed by atoms with Gasteiger partial charge in [-0.3, -0.25) is 0 Å². The first kappa shape index (κ1) is 13.4. The van der Waals surface area contributed by atoms with Gasteiger partial charge in [0.1, 0.15) is 5.82 Å². The summed E-state index contributed by atoms with van der Waals surface area (Å²) in [6.07, 6.45) is 0. The lowest BCUT2D eigenvalue weighted by Gasteiger charge is -2.23. The van der Waals surface area contributed by atoms with Gasteiger partial charge in [0, 0.05) is 5.69 Å². The molecule has 3 heteroatoms. The first-order valence-corrected chi connectivity index (χ1v) is 6.29. The molecule has 0 bridgehead atoms. The molecular formula is C16H19FN2. The van der Waals surface area contributed by atoms with E-state index in [0.717, 1.165) is 11.4 Å². The highest BCUT2D eigenvalue weighted by Crippen LogP contribution is 2.32. The zero-order valence-corrected chi connectivity index (χ0v) is 11.5. The van der Waals surface area contributed by atoms with Crippen molar-refractivity contribution in [3.8, 4) is 0 Å². The van der Waals surface area contributed by atoms with Crippen molar-refractivity contribution in [2.75, 3.05) is 11.1 Å².